The zero-order valence-electron chi connectivity index (χ0n) is 18.0. The van der Waals surface area contributed by atoms with Crippen LogP contribution >= 0.6 is 0 Å². The van der Waals surface area contributed by atoms with Crippen LogP contribution in [0.25, 0.3) is 5.69 Å². The summed E-state index contributed by atoms with van der Waals surface area (Å²) in [7, 11) is 0. The molecule has 3 heterocycles. The molecule has 6 heteroatoms. The summed E-state index contributed by atoms with van der Waals surface area (Å²) in [6.07, 6.45) is 5.47. The Hall–Kier alpha value is -4.06. The van der Waals surface area contributed by atoms with Crippen LogP contribution in [0.1, 0.15) is 40.7 Å². The molecule has 33 heavy (non-hydrogen) atoms. The van der Waals surface area contributed by atoms with Crippen molar-refractivity contribution in [2.45, 2.75) is 24.9 Å². The summed E-state index contributed by atoms with van der Waals surface area (Å²) < 4.78 is 7.89. The lowest BCUT2D eigenvalue weighted by Gasteiger charge is -2.38. The minimum absolute atomic E-state index is 0.0185. The Labute approximate surface area is 191 Å². The van der Waals surface area contributed by atoms with E-state index in [1.807, 2.05) is 72.9 Å². The lowest BCUT2D eigenvalue weighted by molar-refractivity contribution is -0.120. The molecule has 2 aromatic carbocycles. The second kappa shape index (κ2) is 7.81. The zero-order valence-corrected chi connectivity index (χ0v) is 18.0. The molecule has 0 saturated heterocycles. The van der Waals surface area contributed by atoms with Crippen molar-refractivity contribution in [2.75, 3.05) is 11.4 Å². The van der Waals surface area contributed by atoms with E-state index >= 15 is 0 Å². The Kier molecular flexibility index (Phi) is 4.64. The molecule has 2 aliphatic rings. The second-order valence-corrected chi connectivity index (χ2v) is 8.50. The first kappa shape index (κ1) is 19.6. The van der Waals surface area contributed by atoms with Crippen LogP contribution in [-0.2, 0) is 4.79 Å². The number of hydrogen-bond donors (Lipinski definition) is 0. The molecule has 4 aromatic rings. The molecule has 0 N–H and O–H groups in total. The third kappa shape index (κ3) is 3.35. The Morgan fingerprint density at radius 1 is 0.879 bits per heavy atom. The van der Waals surface area contributed by atoms with Crippen LogP contribution in [0.15, 0.2) is 95.7 Å². The van der Waals surface area contributed by atoms with E-state index in [2.05, 4.69) is 4.57 Å². The highest BCUT2D eigenvalue weighted by molar-refractivity contribution is 6.02. The van der Waals surface area contributed by atoms with Gasteiger partial charge in [0.05, 0.1) is 23.3 Å². The van der Waals surface area contributed by atoms with Gasteiger partial charge in [-0.25, -0.2) is 0 Å². The number of para-hydroxylation sites is 2. The zero-order chi connectivity index (χ0) is 22.4. The third-order valence-electron chi connectivity index (χ3n) is 6.38. The third-order valence-corrected chi connectivity index (χ3v) is 6.38. The summed E-state index contributed by atoms with van der Waals surface area (Å²) in [6, 6.07) is 24.5. The molecular weight excluding hydrogens is 414 g/mol. The van der Waals surface area contributed by atoms with Gasteiger partial charge in [0.25, 0.3) is 5.91 Å². The number of rotatable bonds is 5. The molecular formula is C27H23N3O3. The molecule has 0 radical (unpaired) electrons. The van der Waals surface area contributed by atoms with Gasteiger partial charge in [0.15, 0.2) is 0 Å². The maximum Gasteiger partial charge on any atom is 0.254 e. The quantitative estimate of drug-likeness (QED) is 0.450. The highest BCUT2D eigenvalue weighted by Crippen LogP contribution is 2.42. The van der Waals surface area contributed by atoms with Crippen LogP contribution < -0.4 is 4.90 Å². The van der Waals surface area contributed by atoms with Crippen molar-refractivity contribution >= 4 is 17.5 Å². The molecule has 0 bridgehead atoms. The fraction of sp³-hybridized carbons (Fsp3) is 0.185. The minimum Gasteiger partial charge on any atom is -0.467 e. The molecule has 2 amide bonds. The van der Waals surface area contributed by atoms with Gasteiger partial charge >= 0.3 is 0 Å². The second-order valence-electron chi connectivity index (χ2n) is 8.50. The van der Waals surface area contributed by atoms with Crippen molar-refractivity contribution in [3.8, 4) is 5.69 Å². The SMILES string of the molecule is O=C(c1ccccc1)N(CC(=O)N1c2ccccc2-n2cccc2C1c1ccco1)C1CC1. The summed E-state index contributed by atoms with van der Waals surface area (Å²) in [5, 5.41) is 0. The minimum atomic E-state index is -0.412. The van der Waals surface area contributed by atoms with Gasteiger partial charge in [0.1, 0.15) is 18.3 Å². The van der Waals surface area contributed by atoms with Crippen molar-refractivity contribution in [3.63, 3.8) is 0 Å². The monoisotopic (exact) mass is 437 g/mol. The van der Waals surface area contributed by atoms with Crippen LogP contribution in [0, 0.1) is 0 Å². The van der Waals surface area contributed by atoms with Gasteiger partial charge in [-0.1, -0.05) is 30.3 Å². The molecule has 2 aromatic heterocycles. The Morgan fingerprint density at radius 2 is 1.64 bits per heavy atom. The van der Waals surface area contributed by atoms with Crippen LogP contribution in [0.2, 0.25) is 0 Å². The van der Waals surface area contributed by atoms with Crippen LogP contribution in [-0.4, -0.2) is 33.9 Å². The lowest BCUT2D eigenvalue weighted by Crippen LogP contribution is -2.47. The van der Waals surface area contributed by atoms with Crippen LogP contribution in [0.3, 0.4) is 0 Å². The lowest BCUT2D eigenvalue weighted by atomic mass is 10.0. The van der Waals surface area contributed by atoms with Gasteiger partial charge in [-0.15, -0.1) is 0 Å². The number of amides is 2. The summed E-state index contributed by atoms with van der Waals surface area (Å²) in [4.78, 5) is 30.8. The van der Waals surface area contributed by atoms with Crippen LogP contribution in [0.5, 0.6) is 0 Å². The molecule has 1 atom stereocenters. The predicted octanol–water partition coefficient (Wildman–Crippen LogP) is 4.81. The Bertz CT molecular complexity index is 1310. The van der Waals surface area contributed by atoms with Crippen molar-refractivity contribution in [3.05, 3.63) is 108 Å². The molecule has 6 rings (SSSR count). The number of nitrogens with zero attached hydrogens (tertiary/aromatic N) is 3. The maximum atomic E-state index is 14.0. The van der Waals surface area contributed by atoms with Gasteiger partial charge in [-0.2, -0.15) is 0 Å². The van der Waals surface area contributed by atoms with E-state index in [4.69, 9.17) is 4.42 Å². The number of benzene rings is 2. The number of carbonyl (C=O) groups is 2. The Balaban J connectivity index is 1.40. The summed E-state index contributed by atoms with van der Waals surface area (Å²) >= 11 is 0. The summed E-state index contributed by atoms with van der Waals surface area (Å²) in [6.45, 7) is 0.0185. The highest BCUT2D eigenvalue weighted by Gasteiger charge is 2.41. The molecule has 1 aliphatic heterocycles. The largest absolute Gasteiger partial charge is 0.467 e. The maximum absolute atomic E-state index is 14.0. The van der Waals surface area contributed by atoms with Gasteiger partial charge in [-0.05, 0) is 61.4 Å². The Morgan fingerprint density at radius 3 is 2.36 bits per heavy atom. The van der Waals surface area contributed by atoms with Gasteiger partial charge in [0.2, 0.25) is 5.91 Å². The number of fused-ring (bicyclic) bond motifs is 3. The van der Waals surface area contributed by atoms with E-state index in [1.165, 1.54) is 0 Å². The van der Waals surface area contributed by atoms with E-state index in [9.17, 15) is 9.59 Å². The number of anilines is 1. The van der Waals surface area contributed by atoms with E-state index in [1.54, 1.807) is 28.2 Å². The first-order chi connectivity index (χ1) is 16.2. The molecule has 1 saturated carbocycles. The predicted molar refractivity (Wildman–Crippen MR) is 124 cm³/mol. The first-order valence-corrected chi connectivity index (χ1v) is 11.2. The number of aromatic nitrogens is 1. The average molecular weight is 437 g/mol. The molecule has 164 valence electrons. The van der Waals surface area contributed by atoms with Crippen molar-refractivity contribution < 1.29 is 14.0 Å². The topological polar surface area (TPSA) is 58.7 Å². The molecule has 6 nitrogen and oxygen atoms in total. The van der Waals surface area contributed by atoms with E-state index < -0.39 is 6.04 Å². The van der Waals surface area contributed by atoms with Crippen molar-refractivity contribution in [1.82, 2.24) is 9.47 Å². The smallest absolute Gasteiger partial charge is 0.254 e. The number of hydrogen-bond acceptors (Lipinski definition) is 3. The fourth-order valence-electron chi connectivity index (χ4n) is 4.70. The standard InChI is InChI=1S/C27H23N3O3/c31-25(18-29(20-14-15-20)27(32)19-8-2-1-3-9-19)30-22-11-5-4-10-21(22)28-16-6-12-23(28)26(30)24-13-7-17-33-24/h1-13,16-17,20,26H,14-15,18H2. The average Bonchev–Trinajstić information content (AvgIpc) is 3.32. The number of carbonyl (C=O) groups excluding carboxylic acids is 2. The van der Waals surface area contributed by atoms with E-state index in [0.29, 0.717) is 11.3 Å². The van der Waals surface area contributed by atoms with E-state index in [-0.39, 0.29) is 24.4 Å². The van der Waals surface area contributed by atoms with Gasteiger partial charge < -0.3 is 13.9 Å². The normalized spacial score (nSPS) is 16.7. The van der Waals surface area contributed by atoms with Crippen LogP contribution in [0.4, 0.5) is 5.69 Å². The van der Waals surface area contributed by atoms with Crippen molar-refractivity contribution in [1.29, 1.82) is 0 Å². The van der Waals surface area contributed by atoms with Gasteiger partial charge in [0, 0.05) is 17.8 Å². The summed E-state index contributed by atoms with van der Waals surface area (Å²) in [5.74, 6) is 0.451. The van der Waals surface area contributed by atoms with Crippen molar-refractivity contribution in [2.24, 2.45) is 0 Å². The molecule has 0 spiro atoms. The molecule has 1 unspecified atom stereocenters. The van der Waals surface area contributed by atoms with E-state index in [0.717, 1.165) is 29.9 Å². The summed E-state index contributed by atoms with van der Waals surface area (Å²) in [5.41, 5.74) is 3.29. The molecule has 1 fully saturated rings. The molecule has 1 aliphatic carbocycles. The first-order valence-electron chi connectivity index (χ1n) is 11.2. The fourth-order valence-corrected chi connectivity index (χ4v) is 4.70. The number of furan rings is 1. The van der Waals surface area contributed by atoms with Gasteiger partial charge in [-0.3, -0.25) is 14.5 Å². The highest BCUT2D eigenvalue weighted by atomic mass is 16.3.